The Hall–Kier alpha value is -0.640. The van der Waals surface area contributed by atoms with Crippen LogP contribution in [0.4, 0.5) is 0 Å². The average molecular weight is 250 g/mol. The van der Waals surface area contributed by atoms with E-state index in [2.05, 4.69) is 6.58 Å². The number of hydrogen-bond acceptors (Lipinski definition) is 3. The van der Waals surface area contributed by atoms with Gasteiger partial charge in [-0.1, -0.05) is 20.4 Å². The maximum Gasteiger partial charge on any atom is 0.333 e. The molecule has 0 atom stereocenters. The van der Waals surface area contributed by atoms with Crippen molar-refractivity contribution in [1.82, 2.24) is 0 Å². The van der Waals surface area contributed by atoms with E-state index in [1.807, 2.05) is 0 Å². The maximum atomic E-state index is 11.4. The monoisotopic (exact) mass is 250 g/mol. The summed E-state index contributed by atoms with van der Waals surface area (Å²) in [5, 5.41) is 0. The van der Waals surface area contributed by atoms with Crippen molar-refractivity contribution in [1.29, 1.82) is 0 Å². The second-order valence-electron chi connectivity index (χ2n) is 3.88. The van der Waals surface area contributed by atoms with Crippen LogP contribution >= 0.6 is 7.60 Å². The van der Waals surface area contributed by atoms with Gasteiger partial charge >= 0.3 is 13.6 Å². The molecule has 0 aliphatic carbocycles. The standard InChI is InChI=1S/C10H19O5P/c1-5-10(6-2,7-16(12,13)14)15-9(11)8(3)4/h3,5-7H2,1-2,4H3,(H2,12,13,14). The van der Waals surface area contributed by atoms with Gasteiger partial charge in [-0.15, -0.1) is 0 Å². The lowest BCUT2D eigenvalue weighted by atomic mass is 9.99. The predicted octanol–water partition coefficient (Wildman–Crippen LogP) is 1.84. The number of esters is 1. The molecule has 16 heavy (non-hydrogen) atoms. The molecule has 0 radical (unpaired) electrons. The van der Waals surface area contributed by atoms with Gasteiger partial charge in [-0.05, 0) is 19.8 Å². The quantitative estimate of drug-likeness (QED) is 0.427. The van der Waals surface area contributed by atoms with Gasteiger partial charge in [0.05, 0.1) is 6.16 Å². The van der Waals surface area contributed by atoms with Crippen LogP contribution in [0.15, 0.2) is 12.2 Å². The molecule has 2 N–H and O–H groups in total. The van der Waals surface area contributed by atoms with E-state index in [-0.39, 0.29) is 5.57 Å². The minimum absolute atomic E-state index is 0.219. The summed E-state index contributed by atoms with van der Waals surface area (Å²) in [6.07, 6.45) is 0.257. The van der Waals surface area contributed by atoms with Crippen LogP contribution in [0.5, 0.6) is 0 Å². The average Bonchev–Trinajstić information content (AvgIpc) is 2.14. The summed E-state index contributed by atoms with van der Waals surface area (Å²) in [7, 11) is -4.21. The lowest BCUT2D eigenvalue weighted by Gasteiger charge is -2.31. The van der Waals surface area contributed by atoms with Crippen molar-refractivity contribution < 1.29 is 23.9 Å². The molecule has 94 valence electrons. The van der Waals surface area contributed by atoms with Crippen molar-refractivity contribution >= 4 is 13.6 Å². The van der Waals surface area contributed by atoms with Crippen LogP contribution in [0.2, 0.25) is 0 Å². The number of hydrogen-bond donors (Lipinski definition) is 2. The molecule has 0 aliphatic heterocycles. The van der Waals surface area contributed by atoms with Gasteiger partial charge in [0, 0.05) is 5.57 Å². The van der Waals surface area contributed by atoms with Crippen LogP contribution < -0.4 is 0 Å². The third-order valence-electron chi connectivity index (χ3n) is 2.44. The lowest BCUT2D eigenvalue weighted by Crippen LogP contribution is -2.37. The van der Waals surface area contributed by atoms with E-state index in [1.165, 1.54) is 6.92 Å². The molecule has 0 rings (SSSR count). The van der Waals surface area contributed by atoms with E-state index >= 15 is 0 Å². The molecule has 0 heterocycles. The molecule has 0 amide bonds. The highest BCUT2D eigenvalue weighted by Gasteiger charge is 2.37. The fraction of sp³-hybridized carbons (Fsp3) is 0.700. The number of ether oxygens (including phenoxy) is 1. The Labute approximate surface area is 95.7 Å². The van der Waals surface area contributed by atoms with E-state index in [0.29, 0.717) is 12.8 Å². The van der Waals surface area contributed by atoms with Gasteiger partial charge in [0.2, 0.25) is 0 Å². The largest absolute Gasteiger partial charge is 0.455 e. The lowest BCUT2D eigenvalue weighted by molar-refractivity contribution is -0.153. The zero-order valence-electron chi connectivity index (χ0n) is 9.89. The molecule has 0 aromatic rings. The highest BCUT2D eigenvalue weighted by molar-refractivity contribution is 7.51. The fourth-order valence-corrected chi connectivity index (χ4v) is 2.57. The third-order valence-corrected chi connectivity index (χ3v) is 3.43. The van der Waals surface area contributed by atoms with Gasteiger partial charge < -0.3 is 14.5 Å². The van der Waals surface area contributed by atoms with Gasteiger partial charge in [0.25, 0.3) is 0 Å². The zero-order valence-corrected chi connectivity index (χ0v) is 10.8. The number of rotatable bonds is 6. The van der Waals surface area contributed by atoms with Crippen LogP contribution in [0.1, 0.15) is 33.6 Å². The van der Waals surface area contributed by atoms with Crippen molar-refractivity contribution in [3.63, 3.8) is 0 Å². The number of carbonyl (C=O) groups excluding carboxylic acids is 1. The summed E-state index contributed by atoms with van der Waals surface area (Å²) in [6.45, 7) is 8.39. The molecule has 0 fully saturated rings. The predicted molar refractivity (Wildman–Crippen MR) is 61.1 cm³/mol. The Bertz CT molecular complexity index is 313. The molecular formula is C10H19O5P. The van der Waals surface area contributed by atoms with E-state index in [4.69, 9.17) is 14.5 Å². The minimum atomic E-state index is -4.21. The van der Waals surface area contributed by atoms with Gasteiger partial charge in [0.15, 0.2) is 0 Å². The first-order chi connectivity index (χ1) is 7.16. The second kappa shape index (κ2) is 5.62. The van der Waals surface area contributed by atoms with E-state index < -0.39 is 25.3 Å². The fourth-order valence-electron chi connectivity index (χ4n) is 1.31. The maximum absolute atomic E-state index is 11.4. The minimum Gasteiger partial charge on any atom is -0.455 e. The Kier molecular flexibility index (Phi) is 5.39. The summed E-state index contributed by atoms with van der Waals surface area (Å²) in [4.78, 5) is 29.3. The molecular weight excluding hydrogens is 231 g/mol. The first kappa shape index (κ1) is 15.4. The first-order valence-electron chi connectivity index (χ1n) is 5.09. The Morgan fingerprint density at radius 2 is 1.81 bits per heavy atom. The third kappa shape index (κ3) is 4.92. The van der Waals surface area contributed by atoms with Crippen molar-refractivity contribution in [3.8, 4) is 0 Å². The Morgan fingerprint density at radius 1 is 1.38 bits per heavy atom. The molecule has 5 nitrogen and oxygen atoms in total. The highest BCUT2D eigenvalue weighted by atomic mass is 31.2. The van der Waals surface area contributed by atoms with Crippen LogP contribution in [-0.4, -0.2) is 27.5 Å². The molecule has 0 aliphatic rings. The summed E-state index contributed by atoms with van der Waals surface area (Å²) in [6, 6.07) is 0. The molecule has 6 heteroatoms. The molecule has 0 saturated carbocycles. The van der Waals surface area contributed by atoms with Crippen molar-refractivity contribution in [2.45, 2.75) is 39.2 Å². The SMILES string of the molecule is C=C(C)C(=O)OC(CC)(CC)CP(=O)(O)O. The molecule has 0 saturated heterocycles. The molecule has 0 aromatic heterocycles. The van der Waals surface area contributed by atoms with Gasteiger partial charge in [-0.3, -0.25) is 4.57 Å². The summed E-state index contributed by atoms with van der Waals surface area (Å²) in [5.74, 6) is -0.614. The van der Waals surface area contributed by atoms with Crippen molar-refractivity contribution in [2.75, 3.05) is 6.16 Å². The van der Waals surface area contributed by atoms with Crippen molar-refractivity contribution in [3.05, 3.63) is 12.2 Å². The zero-order chi connectivity index (χ0) is 13.0. The Morgan fingerprint density at radius 3 is 2.06 bits per heavy atom. The van der Waals surface area contributed by atoms with Crippen molar-refractivity contribution in [2.24, 2.45) is 0 Å². The summed E-state index contributed by atoms with van der Waals surface area (Å²) < 4.78 is 16.1. The van der Waals surface area contributed by atoms with E-state index in [0.717, 1.165) is 0 Å². The normalized spacial score (nSPS) is 12.3. The van der Waals surface area contributed by atoms with E-state index in [9.17, 15) is 9.36 Å². The molecule has 0 bridgehead atoms. The Balaban J connectivity index is 4.89. The number of carbonyl (C=O) groups is 1. The first-order valence-corrected chi connectivity index (χ1v) is 6.89. The molecule has 0 aromatic carbocycles. The van der Waals surface area contributed by atoms with Crippen LogP contribution in [0.3, 0.4) is 0 Å². The van der Waals surface area contributed by atoms with E-state index in [1.54, 1.807) is 13.8 Å². The summed E-state index contributed by atoms with van der Waals surface area (Å²) >= 11 is 0. The molecule has 0 unspecified atom stereocenters. The van der Waals surface area contributed by atoms with Gasteiger partial charge in [-0.2, -0.15) is 0 Å². The van der Waals surface area contributed by atoms with Gasteiger partial charge in [-0.25, -0.2) is 4.79 Å². The topological polar surface area (TPSA) is 83.8 Å². The van der Waals surface area contributed by atoms with Crippen LogP contribution in [0, 0.1) is 0 Å². The van der Waals surface area contributed by atoms with Crippen LogP contribution in [-0.2, 0) is 14.1 Å². The summed E-state index contributed by atoms with van der Waals surface area (Å²) in [5.41, 5.74) is -0.883. The van der Waals surface area contributed by atoms with Gasteiger partial charge in [0.1, 0.15) is 5.60 Å². The van der Waals surface area contributed by atoms with Crippen LogP contribution in [0.25, 0.3) is 0 Å². The second-order valence-corrected chi connectivity index (χ2v) is 5.53. The molecule has 0 spiro atoms. The highest BCUT2D eigenvalue weighted by Crippen LogP contribution is 2.42. The smallest absolute Gasteiger partial charge is 0.333 e.